The van der Waals surface area contributed by atoms with E-state index >= 15 is 0 Å². The van der Waals surface area contributed by atoms with Gasteiger partial charge in [0.25, 0.3) is 5.56 Å². The number of aromatic amines is 1. The Morgan fingerprint density at radius 3 is 2.45 bits per heavy atom. The average molecular weight is 661 g/mol. The van der Waals surface area contributed by atoms with Crippen molar-refractivity contribution in [3.05, 3.63) is 29.3 Å². The smallest absolute Gasteiger partial charge is 0.382 e. The number of nitrogens with one attached hydrogen (secondary N) is 1. The van der Waals surface area contributed by atoms with Crippen molar-refractivity contribution in [2.45, 2.75) is 49.7 Å². The topological polar surface area (TPSA) is 236 Å². The van der Waals surface area contributed by atoms with Gasteiger partial charge in [-0.05, 0) is 0 Å². The molecule has 3 aliphatic rings. The summed E-state index contributed by atoms with van der Waals surface area (Å²) in [6.45, 7) is -8.59. The van der Waals surface area contributed by atoms with E-state index in [1.807, 2.05) is 0 Å². The Kier molecular flexibility index (Phi) is 7.16. The summed E-state index contributed by atoms with van der Waals surface area (Å²) >= 11 is 8.34. The lowest BCUT2D eigenvalue weighted by Crippen LogP contribution is -2.28. The molecule has 2 unspecified atom stereocenters. The minimum atomic E-state index is -4.06. The summed E-state index contributed by atoms with van der Waals surface area (Å²) in [5.74, 6) is 0.193. The van der Waals surface area contributed by atoms with Crippen molar-refractivity contribution in [1.29, 1.82) is 0 Å². The second kappa shape index (κ2) is 10.6. The van der Waals surface area contributed by atoms with E-state index in [4.69, 9.17) is 33.3 Å². The van der Waals surface area contributed by atoms with Crippen molar-refractivity contribution < 1.29 is 36.7 Å². The van der Waals surface area contributed by atoms with Gasteiger partial charge in [-0.25, -0.2) is 34.2 Å². The largest absolute Gasteiger partial charge is 0.386 e. The van der Waals surface area contributed by atoms with Gasteiger partial charge in [0.2, 0.25) is 0 Å². The Labute approximate surface area is 245 Å². The minimum Gasteiger partial charge on any atom is -0.382 e. The Morgan fingerprint density at radius 1 is 0.881 bits per heavy atom. The number of hydrogen-bond acceptors (Lipinski definition) is 16. The molecule has 42 heavy (non-hydrogen) atoms. The molecule has 224 valence electrons. The molecule has 7 rings (SSSR count). The number of nitrogens with zero attached hydrogens (tertiary/aromatic N) is 8. The van der Waals surface area contributed by atoms with Gasteiger partial charge in [-0.15, -0.1) is 5.10 Å². The fraction of sp³-hybridized carbons (Fsp3) is 0.526. The number of anilines is 1. The molecule has 0 radical (unpaired) electrons. The first kappa shape index (κ1) is 28.3. The minimum absolute atomic E-state index is 0.0128. The van der Waals surface area contributed by atoms with Crippen molar-refractivity contribution in [3.8, 4) is 0 Å². The number of thiol groups is 2. The van der Waals surface area contributed by atoms with E-state index in [0.717, 1.165) is 0 Å². The fourth-order valence-electron chi connectivity index (χ4n) is 5.09. The van der Waals surface area contributed by atoms with Gasteiger partial charge in [0.05, 0.1) is 32.0 Å². The summed E-state index contributed by atoms with van der Waals surface area (Å²) in [5.41, 5.74) is 6.25. The molecular formula is C19H22N10O9P2S2. The quantitative estimate of drug-likeness (QED) is 0.176. The van der Waals surface area contributed by atoms with Crippen LogP contribution in [0.5, 0.6) is 0 Å². The predicted octanol–water partition coefficient (Wildman–Crippen LogP) is 1.40. The maximum absolute atomic E-state index is 13.4. The lowest BCUT2D eigenvalue weighted by atomic mass is 10.2. The Morgan fingerprint density at radius 2 is 1.62 bits per heavy atom. The molecule has 0 saturated carbocycles. The van der Waals surface area contributed by atoms with Gasteiger partial charge in [0, 0.05) is 12.8 Å². The predicted molar refractivity (Wildman–Crippen MR) is 148 cm³/mol. The zero-order chi connectivity index (χ0) is 29.2. The van der Waals surface area contributed by atoms with Gasteiger partial charge >= 0.3 is 13.6 Å². The molecule has 0 spiro atoms. The number of nitrogen functional groups attached to an aromatic ring is 1. The van der Waals surface area contributed by atoms with Crippen LogP contribution >= 0.6 is 38.1 Å². The van der Waals surface area contributed by atoms with Crippen molar-refractivity contribution in [1.82, 2.24) is 44.5 Å². The number of aromatic nitrogens is 9. The summed E-state index contributed by atoms with van der Waals surface area (Å²) in [4.78, 5) is 28.6. The second-order valence-corrected chi connectivity index (χ2v) is 15.4. The third kappa shape index (κ3) is 5.27. The number of rotatable bonds is 2. The van der Waals surface area contributed by atoms with Gasteiger partial charge in [-0.2, -0.15) is 0 Å². The van der Waals surface area contributed by atoms with Crippen molar-refractivity contribution in [2.75, 3.05) is 18.9 Å². The van der Waals surface area contributed by atoms with Crippen LogP contribution in [-0.2, 0) is 36.7 Å². The van der Waals surface area contributed by atoms with E-state index in [2.05, 4.69) is 59.8 Å². The number of hydrogen-bond donors (Lipinski definition) is 4. The highest BCUT2D eigenvalue weighted by Gasteiger charge is 2.47. The highest BCUT2D eigenvalue weighted by molar-refractivity contribution is 8.44. The zero-order valence-electron chi connectivity index (χ0n) is 21.1. The van der Waals surface area contributed by atoms with Gasteiger partial charge < -0.3 is 15.2 Å². The first-order valence-electron chi connectivity index (χ1n) is 12.4. The molecule has 19 nitrogen and oxygen atoms in total. The lowest BCUT2D eigenvalue weighted by Gasteiger charge is -2.26. The summed E-state index contributed by atoms with van der Waals surface area (Å²) in [6.07, 6.45) is -0.753. The van der Waals surface area contributed by atoms with Crippen molar-refractivity contribution in [3.63, 3.8) is 0 Å². The zero-order valence-corrected chi connectivity index (χ0v) is 24.7. The average Bonchev–Trinajstić information content (AvgIpc) is 3.71. The van der Waals surface area contributed by atoms with E-state index in [1.165, 1.54) is 23.5 Å². The normalized spacial score (nSPS) is 36.0. The molecule has 8 atom stereocenters. The molecule has 0 amide bonds. The van der Waals surface area contributed by atoms with Crippen molar-refractivity contribution >= 4 is 66.2 Å². The van der Waals surface area contributed by atoms with Crippen LogP contribution < -0.4 is 11.3 Å². The molecular weight excluding hydrogens is 638 g/mol. The lowest BCUT2D eigenvalue weighted by molar-refractivity contribution is -0.0557. The maximum Gasteiger partial charge on any atom is 0.386 e. The molecule has 2 bridgehead atoms. The fourth-order valence-corrected chi connectivity index (χ4v) is 8.13. The first-order valence-corrected chi connectivity index (χ1v) is 17.8. The number of H-pyrrole nitrogens is 1. The van der Waals surface area contributed by atoms with Gasteiger partial charge in [-0.1, -0.05) is 29.7 Å². The van der Waals surface area contributed by atoms with E-state index in [9.17, 15) is 13.9 Å². The van der Waals surface area contributed by atoms with Crippen LogP contribution in [0.25, 0.3) is 22.3 Å². The van der Waals surface area contributed by atoms with Crippen LogP contribution in [0.15, 0.2) is 23.8 Å². The van der Waals surface area contributed by atoms with Gasteiger partial charge in [0.15, 0.2) is 28.9 Å². The first-order chi connectivity index (χ1) is 20.1. The highest BCUT2D eigenvalue weighted by Crippen LogP contribution is 2.60. The molecule has 4 aromatic rings. The summed E-state index contributed by atoms with van der Waals surface area (Å²) in [7, 11) is 0. The number of ether oxygens (including phenoxy) is 2. The Balaban J connectivity index is 1.16. The molecule has 4 aromatic heterocycles. The summed E-state index contributed by atoms with van der Waals surface area (Å²) in [5, 5.41) is 9.70. The molecule has 3 N–H and O–H groups in total. The molecule has 3 aliphatic heterocycles. The third-order valence-electron chi connectivity index (χ3n) is 6.94. The second-order valence-electron chi connectivity index (χ2n) is 9.61. The molecule has 0 aromatic carbocycles. The maximum atomic E-state index is 13.4. The number of nitrogens with two attached hydrogens (primary N) is 1. The van der Waals surface area contributed by atoms with E-state index in [1.54, 1.807) is 4.57 Å². The molecule has 0 aliphatic carbocycles. The standard InChI is InChI=1S/C19H22N10O9P2S2/c20-15-13-16(22-5-21-15)28(6-23-13)12-2-9-11(36-12)4-34-40(32,42)38-10-1-8(3-33-39(31,41)37-9)35-19(10)29-7-24-14-17(29)25-27-26-18(14)30/h5-12,19H,1-4H2,(H,31,41)(H,32,42)(H2,20,21,22)(H,25,26,30)/t8-,9-,10+,11+,12+,19+,39?,40?/m0/s1. The number of fused-ring (bicyclic) bond motifs is 5. The Bertz CT molecular complexity index is 1820. The van der Waals surface area contributed by atoms with Crippen LogP contribution in [0.1, 0.15) is 25.3 Å². The highest BCUT2D eigenvalue weighted by atomic mass is 32.7. The summed E-state index contributed by atoms with van der Waals surface area (Å²) < 4.78 is 64.8. The summed E-state index contributed by atoms with van der Waals surface area (Å²) in [6, 6.07) is 0. The molecule has 7 heterocycles. The number of imidazole rings is 2. The van der Waals surface area contributed by atoms with E-state index < -0.39 is 56.0 Å². The molecule has 3 saturated heterocycles. The van der Waals surface area contributed by atoms with Crippen LogP contribution in [0, 0.1) is 0 Å². The van der Waals surface area contributed by atoms with E-state index in [0.29, 0.717) is 11.2 Å². The van der Waals surface area contributed by atoms with Gasteiger partial charge in [-0.3, -0.25) is 32.0 Å². The SMILES string of the molecule is Nc1ncnc2c1ncn2[C@H]1C[C@@H]2OP(=O)(S)OC[C@@H]3C[C@@H](OP(=O)(S)OC[C@H]2O1)[C@H](n1cnc2c(=O)[nH]nnc21)O3. The van der Waals surface area contributed by atoms with Crippen LogP contribution in [0.3, 0.4) is 0 Å². The van der Waals surface area contributed by atoms with Crippen LogP contribution in [0.4, 0.5) is 5.82 Å². The van der Waals surface area contributed by atoms with E-state index in [-0.39, 0.29) is 43.0 Å². The third-order valence-corrected chi connectivity index (χ3v) is 10.2. The molecule has 23 heteroatoms. The monoisotopic (exact) mass is 660 g/mol. The van der Waals surface area contributed by atoms with Crippen LogP contribution in [-0.4, -0.2) is 82.1 Å². The van der Waals surface area contributed by atoms with Crippen LogP contribution in [0.2, 0.25) is 0 Å². The van der Waals surface area contributed by atoms with Crippen molar-refractivity contribution in [2.24, 2.45) is 0 Å². The molecule has 3 fully saturated rings. The van der Waals surface area contributed by atoms with Gasteiger partial charge in [0.1, 0.15) is 36.4 Å². The Hall–Kier alpha value is -2.45.